The molecule has 0 amide bonds. The molecule has 1 aromatic rings. The van der Waals surface area contributed by atoms with Gasteiger partial charge in [0.05, 0.1) is 6.61 Å². The monoisotopic (exact) mass is 402 g/mol. The number of unbranched alkanes of at least 4 members (excludes halogenated alkanes) is 1. The van der Waals surface area contributed by atoms with Crippen molar-refractivity contribution in [1.29, 1.82) is 0 Å². The highest BCUT2D eigenvalue weighted by atomic mass is 19.1. The molecule has 0 aromatic heterocycles. The maximum Gasteiger partial charge on any atom is 0.119 e. The highest BCUT2D eigenvalue weighted by Crippen LogP contribution is 2.41. The third kappa shape index (κ3) is 7.00. The summed E-state index contributed by atoms with van der Waals surface area (Å²) in [5, 5.41) is 0. The Morgan fingerprint density at radius 1 is 0.862 bits per heavy atom. The summed E-state index contributed by atoms with van der Waals surface area (Å²) in [7, 11) is 0. The summed E-state index contributed by atoms with van der Waals surface area (Å²) >= 11 is 0. The summed E-state index contributed by atoms with van der Waals surface area (Å²) in [5.74, 6) is 3.47. The van der Waals surface area contributed by atoms with E-state index in [9.17, 15) is 4.39 Å². The van der Waals surface area contributed by atoms with Gasteiger partial charge in [0, 0.05) is 0 Å². The zero-order valence-electron chi connectivity index (χ0n) is 18.9. The molecule has 0 radical (unpaired) electrons. The summed E-state index contributed by atoms with van der Waals surface area (Å²) in [6.45, 7) is 5.27. The number of hydrogen-bond donors (Lipinski definition) is 0. The van der Waals surface area contributed by atoms with Crippen LogP contribution in [0, 0.1) is 17.8 Å². The van der Waals surface area contributed by atoms with E-state index in [1.54, 1.807) is 0 Å². The van der Waals surface area contributed by atoms with Gasteiger partial charge in [0.25, 0.3) is 0 Å². The van der Waals surface area contributed by atoms with Gasteiger partial charge >= 0.3 is 0 Å². The van der Waals surface area contributed by atoms with Gasteiger partial charge in [-0.25, -0.2) is 4.39 Å². The zero-order chi connectivity index (χ0) is 20.5. The van der Waals surface area contributed by atoms with E-state index >= 15 is 0 Å². The summed E-state index contributed by atoms with van der Waals surface area (Å²) in [5.41, 5.74) is 1.44. The third-order valence-corrected chi connectivity index (χ3v) is 7.62. The van der Waals surface area contributed by atoms with E-state index in [2.05, 4.69) is 38.1 Å². The number of ether oxygens (including phenoxy) is 1. The molecule has 1 atom stereocenters. The molecular formula is C27H43FO. The van der Waals surface area contributed by atoms with Crippen LogP contribution < -0.4 is 4.74 Å². The largest absolute Gasteiger partial charge is 0.494 e. The van der Waals surface area contributed by atoms with Crippen LogP contribution >= 0.6 is 0 Å². The molecule has 3 rings (SSSR count). The SMILES string of the molecule is CCCCOc1ccc(C2CCC(CC(F)C3CCC(CCC)CC3)CC2)cc1. The van der Waals surface area contributed by atoms with Gasteiger partial charge in [-0.15, -0.1) is 0 Å². The van der Waals surface area contributed by atoms with Crippen molar-refractivity contribution in [2.24, 2.45) is 17.8 Å². The first kappa shape index (κ1) is 22.6. The van der Waals surface area contributed by atoms with Crippen LogP contribution in [0.25, 0.3) is 0 Å². The van der Waals surface area contributed by atoms with Crippen molar-refractivity contribution in [3.63, 3.8) is 0 Å². The molecule has 0 bridgehead atoms. The van der Waals surface area contributed by atoms with Crippen LogP contribution in [0.15, 0.2) is 24.3 Å². The minimum Gasteiger partial charge on any atom is -0.494 e. The molecule has 2 heteroatoms. The summed E-state index contributed by atoms with van der Waals surface area (Å²) in [6, 6.07) is 8.76. The normalized spacial score (nSPS) is 28.8. The molecule has 29 heavy (non-hydrogen) atoms. The van der Waals surface area contributed by atoms with Gasteiger partial charge in [0.15, 0.2) is 0 Å². The second kappa shape index (κ2) is 12.0. The van der Waals surface area contributed by atoms with Gasteiger partial charge < -0.3 is 4.74 Å². The standard InChI is InChI=1S/C27H43FO/c1-3-5-19-29-26-17-15-24(16-18-26)23-11-9-22(10-12-23)20-27(28)25-13-7-21(6-4-2)8-14-25/h15-18,21-23,25,27H,3-14,19-20H2,1-2H3. The third-order valence-electron chi connectivity index (χ3n) is 7.62. The minimum atomic E-state index is -0.557. The maximum absolute atomic E-state index is 15.0. The lowest BCUT2D eigenvalue weighted by Gasteiger charge is -2.34. The number of benzene rings is 1. The quantitative estimate of drug-likeness (QED) is 0.357. The van der Waals surface area contributed by atoms with Gasteiger partial charge in [-0.05, 0) is 92.7 Å². The van der Waals surface area contributed by atoms with Crippen molar-refractivity contribution in [3.8, 4) is 5.75 Å². The van der Waals surface area contributed by atoms with Crippen molar-refractivity contribution in [1.82, 2.24) is 0 Å². The fourth-order valence-corrected chi connectivity index (χ4v) is 5.66. The van der Waals surface area contributed by atoms with Gasteiger partial charge in [-0.1, -0.05) is 58.1 Å². The fraction of sp³-hybridized carbons (Fsp3) is 0.778. The second-order valence-corrected chi connectivity index (χ2v) is 9.81. The molecule has 1 aromatic carbocycles. The molecule has 0 heterocycles. The van der Waals surface area contributed by atoms with E-state index in [1.807, 2.05) is 0 Å². The predicted molar refractivity (Wildman–Crippen MR) is 121 cm³/mol. The summed E-state index contributed by atoms with van der Waals surface area (Å²) < 4.78 is 20.7. The summed E-state index contributed by atoms with van der Waals surface area (Å²) in [4.78, 5) is 0. The Hall–Kier alpha value is -1.05. The average molecular weight is 403 g/mol. The van der Waals surface area contributed by atoms with Crippen molar-refractivity contribution < 1.29 is 9.13 Å². The van der Waals surface area contributed by atoms with E-state index in [4.69, 9.17) is 4.74 Å². The molecule has 0 N–H and O–H groups in total. The highest BCUT2D eigenvalue weighted by Gasteiger charge is 2.31. The van der Waals surface area contributed by atoms with Crippen LogP contribution in [-0.4, -0.2) is 12.8 Å². The molecule has 164 valence electrons. The van der Waals surface area contributed by atoms with Gasteiger partial charge in [-0.3, -0.25) is 0 Å². The Balaban J connectivity index is 1.38. The second-order valence-electron chi connectivity index (χ2n) is 9.81. The molecule has 2 aliphatic carbocycles. The van der Waals surface area contributed by atoms with E-state index in [0.717, 1.165) is 44.0 Å². The van der Waals surface area contributed by atoms with E-state index < -0.39 is 6.17 Å². The lowest BCUT2D eigenvalue weighted by molar-refractivity contribution is 0.118. The number of hydrogen-bond acceptors (Lipinski definition) is 1. The first-order valence-corrected chi connectivity index (χ1v) is 12.6. The van der Waals surface area contributed by atoms with Gasteiger partial charge in [0.1, 0.15) is 11.9 Å². The minimum absolute atomic E-state index is 0.348. The van der Waals surface area contributed by atoms with Crippen molar-refractivity contribution in [2.75, 3.05) is 6.61 Å². The average Bonchev–Trinajstić information content (AvgIpc) is 2.76. The Morgan fingerprint density at radius 3 is 2.14 bits per heavy atom. The fourth-order valence-electron chi connectivity index (χ4n) is 5.66. The lowest BCUT2D eigenvalue weighted by Crippen LogP contribution is -2.26. The molecule has 2 saturated carbocycles. The Labute approximate surface area is 178 Å². The number of rotatable bonds is 10. The Bertz CT molecular complexity index is 552. The molecule has 2 aliphatic rings. The molecule has 0 aliphatic heterocycles. The molecule has 0 saturated heterocycles. The predicted octanol–water partition coefficient (Wildman–Crippen LogP) is 8.47. The molecule has 2 fully saturated rings. The molecule has 0 spiro atoms. The first-order chi connectivity index (χ1) is 14.2. The Kier molecular flexibility index (Phi) is 9.34. The van der Waals surface area contributed by atoms with Crippen LogP contribution in [0.1, 0.15) is 109 Å². The topological polar surface area (TPSA) is 9.23 Å². The van der Waals surface area contributed by atoms with Crippen molar-refractivity contribution in [2.45, 2.75) is 109 Å². The van der Waals surface area contributed by atoms with E-state index in [-0.39, 0.29) is 0 Å². The number of halogens is 1. The zero-order valence-corrected chi connectivity index (χ0v) is 18.9. The number of alkyl halides is 1. The van der Waals surface area contributed by atoms with E-state index in [1.165, 1.54) is 63.4 Å². The van der Waals surface area contributed by atoms with Crippen LogP contribution in [-0.2, 0) is 0 Å². The van der Waals surface area contributed by atoms with Gasteiger partial charge in [-0.2, -0.15) is 0 Å². The summed E-state index contributed by atoms with van der Waals surface area (Å²) in [6.07, 6.45) is 14.8. The van der Waals surface area contributed by atoms with Crippen molar-refractivity contribution in [3.05, 3.63) is 29.8 Å². The lowest BCUT2D eigenvalue weighted by atomic mass is 9.73. The molecular weight excluding hydrogens is 359 g/mol. The van der Waals surface area contributed by atoms with Gasteiger partial charge in [0.2, 0.25) is 0 Å². The van der Waals surface area contributed by atoms with Crippen LogP contribution in [0.2, 0.25) is 0 Å². The smallest absolute Gasteiger partial charge is 0.119 e. The van der Waals surface area contributed by atoms with Crippen LogP contribution in [0.4, 0.5) is 4.39 Å². The van der Waals surface area contributed by atoms with Crippen LogP contribution in [0.5, 0.6) is 5.75 Å². The first-order valence-electron chi connectivity index (χ1n) is 12.6. The van der Waals surface area contributed by atoms with E-state index in [0.29, 0.717) is 17.8 Å². The molecule has 1 nitrogen and oxygen atoms in total. The highest BCUT2D eigenvalue weighted by molar-refractivity contribution is 5.29. The Morgan fingerprint density at radius 2 is 1.52 bits per heavy atom. The molecule has 1 unspecified atom stereocenters. The maximum atomic E-state index is 15.0. The van der Waals surface area contributed by atoms with Crippen LogP contribution in [0.3, 0.4) is 0 Å². The van der Waals surface area contributed by atoms with Crippen molar-refractivity contribution >= 4 is 0 Å².